The standard InChI is InChI=1S/C4H11BN2/c5-4-7-3-1-2-6/h4-5,7H,1-3,6H2. The number of nitrogens with one attached hydrogen (secondary N) is 1. The van der Waals surface area contributed by atoms with Gasteiger partial charge < -0.3 is 0 Å². The number of hydrogen-bond acceptors (Lipinski definition) is 2. The summed E-state index contributed by atoms with van der Waals surface area (Å²) in [6, 6.07) is 0. The average Bonchev–Trinajstić information content (AvgIpc) is 1.69. The third-order valence-corrected chi connectivity index (χ3v) is 0.670. The first kappa shape index (κ1) is 6.69. The molecule has 0 fully saturated rings. The summed E-state index contributed by atoms with van der Waals surface area (Å²) in [4.78, 5) is 0. The molecule has 0 aromatic heterocycles. The molecule has 0 unspecified atom stereocenters. The van der Waals surface area contributed by atoms with Crippen molar-refractivity contribution < 1.29 is 0 Å². The van der Waals surface area contributed by atoms with Crippen LogP contribution in [0.25, 0.3) is 0 Å². The molecule has 0 amide bonds. The SMILES string of the molecule is B=CNCCCN. The second kappa shape index (κ2) is 5.69. The zero-order chi connectivity index (χ0) is 5.54. The van der Waals surface area contributed by atoms with E-state index in [4.69, 9.17) is 5.73 Å². The van der Waals surface area contributed by atoms with Crippen molar-refractivity contribution in [3.63, 3.8) is 0 Å². The first-order chi connectivity index (χ1) is 3.41. The molecule has 0 radical (unpaired) electrons. The van der Waals surface area contributed by atoms with Crippen molar-refractivity contribution in [3.8, 4) is 0 Å². The molecule has 0 aromatic rings. The molecule has 0 aromatic carbocycles. The molecule has 40 valence electrons. The van der Waals surface area contributed by atoms with Crippen LogP contribution in [-0.4, -0.2) is 26.7 Å². The molecular weight excluding hydrogens is 86.9 g/mol. The minimum absolute atomic E-state index is 0.751. The van der Waals surface area contributed by atoms with E-state index in [2.05, 4.69) is 12.8 Å². The summed E-state index contributed by atoms with van der Waals surface area (Å²) >= 11 is 0. The summed E-state index contributed by atoms with van der Waals surface area (Å²) in [7, 11) is 3.48. The predicted molar refractivity (Wildman–Crippen MR) is 34.9 cm³/mol. The Balaban J connectivity index is 2.56. The van der Waals surface area contributed by atoms with Crippen molar-refractivity contribution in [1.29, 1.82) is 0 Å². The fourth-order valence-corrected chi connectivity index (χ4v) is 0.306. The molecule has 3 N–H and O–H groups in total. The van der Waals surface area contributed by atoms with Crippen molar-refractivity contribution in [3.05, 3.63) is 0 Å². The van der Waals surface area contributed by atoms with Gasteiger partial charge in [0.15, 0.2) is 0 Å². The summed E-state index contributed by atoms with van der Waals surface area (Å²) in [6.45, 7) is 1.70. The fourth-order valence-electron chi connectivity index (χ4n) is 0.306. The van der Waals surface area contributed by atoms with E-state index in [0.29, 0.717) is 0 Å². The quantitative estimate of drug-likeness (QED) is 0.334. The summed E-state index contributed by atoms with van der Waals surface area (Å²) < 4.78 is 0. The maximum atomic E-state index is 5.19. The zero-order valence-corrected chi connectivity index (χ0v) is 4.48. The molecular formula is C4H11BN2. The molecule has 0 aliphatic heterocycles. The van der Waals surface area contributed by atoms with Crippen molar-refractivity contribution in [2.75, 3.05) is 13.1 Å². The molecule has 0 saturated heterocycles. The molecule has 0 saturated carbocycles. The Morgan fingerprint density at radius 3 is 2.86 bits per heavy atom. The first-order valence-electron chi connectivity index (χ1n) is 2.46. The Morgan fingerprint density at radius 1 is 1.71 bits per heavy atom. The van der Waals surface area contributed by atoms with Crippen LogP contribution in [-0.2, 0) is 0 Å². The number of hydrogen-bond donors (Lipinski definition) is 2. The van der Waals surface area contributed by atoms with Crippen LogP contribution < -0.4 is 11.1 Å². The van der Waals surface area contributed by atoms with Gasteiger partial charge in [-0.05, 0) is 0 Å². The molecule has 0 bridgehead atoms. The molecule has 3 heteroatoms. The molecule has 0 aliphatic rings. The van der Waals surface area contributed by atoms with Crippen LogP contribution in [0, 0.1) is 0 Å². The normalized spacial score (nSPS) is 8.00. The molecule has 0 heterocycles. The predicted octanol–water partition coefficient (Wildman–Crippen LogP) is -1.41. The van der Waals surface area contributed by atoms with Crippen LogP contribution in [0.15, 0.2) is 0 Å². The molecule has 2 nitrogen and oxygen atoms in total. The van der Waals surface area contributed by atoms with Crippen LogP contribution in [0.2, 0.25) is 0 Å². The third kappa shape index (κ3) is 5.69. The molecule has 0 atom stereocenters. The fraction of sp³-hybridized carbons (Fsp3) is 0.750. The van der Waals surface area contributed by atoms with Crippen molar-refractivity contribution >= 4 is 13.6 Å². The van der Waals surface area contributed by atoms with Gasteiger partial charge in [-0.2, -0.15) is 0 Å². The van der Waals surface area contributed by atoms with Crippen LogP contribution >= 0.6 is 0 Å². The Morgan fingerprint density at radius 2 is 2.43 bits per heavy atom. The average molecular weight is 98.0 g/mol. The Kier molecular flexibility index (Phi) is 5.45. The molecule has 0 rings (SSSR count). The Hall–Kier alpha value is -0.305. The summed E-state index contributed by atoms with van der Waals surface area (Å²) in [5.74, 6) is 0. The molecule has 0 aliphatic carbocycles. The van der Waals surface area contributed by atoms with Gasteiger partial charge in [0.1, 0.15) is 0 Å². The van der Waals surface area contributed by atoms with E-state index in [9.17, 15) is 0 Å². The Bertz CT molecular complexity index is 47.0. The van der Waals surface area contributed by atoms with E-state index >= 15 is 0 Å². The van der Waals surface area contributed by atoms with Crippen LogP contribution in [0.5, 0.6) is 0 Å². The molecule has 0 spiro atoms. The monoisotopic (exact) mass is 98.1 g/mol. The van der Waals surface area contributed by atoms with Gasteiger partial charge in [0, 0.05) is 0 Å². The molecule has 7 heavy (non-hydrogen) atoms. The van der Waals surface area contributed by atoms with Gasteiger partial charge in [-0.15, -0.1) is 0 Å². The van der Waals surface area contributed by atoms with Gasteiger partial charge in [-0.1, -0.05) is 0 Å². The second-order valence-electron chi connectivity index (χ2n) is 1.30. The van der Waals surface area contributed by atoms with E-state index in [-0.39, 0.29) is 0 Å². The van der Waals surface area contributed by atoms with E-state index in [0.717, 1.165) is 19.5 Å². The van der Waals surface area contributed by atoms with Gasteiger partial charge in [0.2, 0.25) is 0 Å². The van der Waals surface area contributed by atoms with Crippen molar-refractivity contribution in [1.82, 2.24) is 5.32 Å². The van der Waals surface area contributed by atoms with Crippen molar-refractivity contribution in [2.24, 2.45) is 5.73 Å². The van der Waals surface area contributed by atoms with Gasteiger partial charge in [0.25, 0.3) is 0 Å². The zero-order valence-electron chi connectivity index (χ0n) is 4.48. The van der Waals surface area contributed by atoms with E-state index < -0.39 is 0 Å². The van der Waals surface area contributed by atoms with E-state index in [1.165, 1.54) is 0 Å². The topological polar surface area (TPSA) is 38.0 Å². The number of rotatable bonds is 4. The van der Waals surface area contributed by atoms with Gasteiger partial charge in [-0.3, -0.25) is 0 Å². The van der Waals surface area contributed by atoms with E-state index in [1.807, 2.05) is 0 Å². The van der Waals surface area contributed by atoms with Crippen LogP contribution in [0.1, 0.15) is 6.42 Å². The first-order valence-corrected chi connectivity index (χ1v) is 2.46. The van der Waals surface area contributed by atoms with Gasteiger partial charge >= 0.3 is 44.1 Å². The van der Waals surface area contributed by atoms with Crippen molar-refractivity contribution in [2.45, 2.75) is 6.42 Å². The number of nitrogens with two attached hydrogens (primary N) is 1. The summed E-state index contributed by atoms with van der Waals surface area (Å²) in [6.07, 6.45) is 2.70. The maximum absolute atomic E-state index is 5.19. The summed E-state index contributed by atoms with van der Waals surface area (Å²) in [5, 5.41) is 2.93. The van der Waals surface area contributed by atoms with E-state index in [1.54, 1.807) is 6.09 Å². The van der Waals surface area contributed by atoms with Crippen LogP contribution in [0.4, 0.5) is 0 Å². The van der Waals surface area contributed by atoms with Gasteiger partial charge in [0.05, 0.1) is 0 Å². The second-order valence-corrected chi connectivity index (χ2v) is 1.30. The Labute approximate surface area is 45.2 Å². The minimum atomic E-state index is 0.751. The third-order valence-electron chi connectivity index (χ3n) is 0.670. The van der Waals surface area contributed by atoms with Crippen LogP contribution in [0.3, 0.4) is 0 Å². The van der Waals surface area contributed by atoms with Gasteiger partial charge in [-0.25, -0.2) is 0 Å². The summed E-state index contributed by atoms with van der Waals surface area (Å²) in [5.41, 5.74) is 5.19.